The van der Waals surface area contributed by atoms with Gasteiger partial charge in [0.1, 0.15) is 5.60 Å². The van der Waals surface area contributed by atoms with Crippen molar-refractivity contribution in [1.29, 1.82) is 0 Å². The lowest BCUT2D eigenvalue weighted by molar-refractivity contribution is -0.143. The maximum absolute atomic E-state index is 12.4. The molecule has 0 unspecified atom stereocenters. The molecule has 1 aromatic carbocycles. The second kappa shape index (κ2) is 6.11. The van der Waals surface area contributed by atoms with Crippen molar-refractivity contribution >= 4 is 21.4 Å². The Morgan fingerprint density at radius 3 is 2.28 bits per heavy atom. The minimum atomic E-state index is -3.28. The van der Waals surface area contributed by atoms with E-state index in [0.717, 1.165) is 11.8 Å². The van der Waals surface area contributed by atoms with Crippen molar-refractivity contribution in [1.82, 2.24) is 4.98 Å². The predicted octanol–water partition coefficient (Wildman–Crippen LogP) is 3.01. The number of ether oxygens (including phenoxy) is 1. The lowest BCUT2D eigenvalue weighted by Gasteiger charge is -2.14. The molecule has 130 valence electrons. The van der Waals surface area contributed by atoms with E-state index in [0.29, 0.717) is 23.3 Å². The molecule has 2 heterocycles. The SMILES string of the molecule is CC1(C)C/C(=C(\c2ccc(S(C)(=O)=O)cc2)c2ccccn2)C(=O)O1. The van der Waals surface area contributed by atoms with E-state index >= 15 is 0 Å². The molecule has 1 aromatic heterocycles. The Labute approximate surface area is 147 Å². The van der Waals surface area contributed by atoms with Gasteiger partial charge >= 0.3 is 5.97 Å². The zero-order valence-electron chi connectivity index (χ0n) is 14.3. The van der Waals surface area contributed by atoms with Gasteiger partial charge in [-0.05, 0) is 43.7 Å². The summed E-state index contributed by atoms with van der Waals surface area (Å²) in [5, 5.41) is 0. The number of carbonyl (C=O) groups is 1. The summed E-state index contributed by atoms with van der Waals surface area (Å²) >= 11 is 0. The van der Waals surface area contributed by atoms with Gasteiger partial charge in [-0.2, -0.15) is 0 Å². The van der Waals surface area contributed by atoms with Gasteiger partial charge < -0.3 is 4.74 Å². The molecule has 2 aromatic rings. The van der Waals surface area contributed by atoms with Gasteiger partial charge in [-0.25, -0.2) is 13.2 Å². The molecular weight excluding hydrogens is 338 g/mol. The first-order valence-corrected chi connectivity index (χ1v) is 9.75. The third-order valence-corrected chi connectivity index (χ3v) is 5.14. The average molecular weight is 357 g/mol. The van der Waals surface area contributed by atoms with Gasteiger partial charge in [-0.15, -0.1) is 0 Å². The second-order valence-electron chi connectivity index (χ2n) is 6.69. The van der Waals surface area contributed by atoms with Gasteiger partial charge in [0.05, 0.1) is 16.2 Å². The van der Waals surface area contributed by atoms with Crippen molar-refractivity contribution in [2.45, 2.75) is 30.8 Å². The zero-order valence-corrected chi connectivity index (χ0v) is 15.1. The summed E-state index contributed by atoms with van der Waals surface area (Å²) in [6.45, 7) is 3.72. The number of nitrogens with zero attached hydrogens (tertiary/aromatic N) is 1. The molecule has 0 bridgehead atoms. The Kier molecular flexibility index (Phi) is 4.24. The van der Waals surface area contributed by atoms with Crippen LogP contribution in [0.25, 0.3) is 5.57 Å². The Morgan fingerprint density at radius 2 is 1.80 bits per heavy atom. The molecule has 0 N–H and O–H groups in total. The molecule has 0 aliphatic carbocycles. The number of benzene rings is 1. The lowest BCUT2D eigenvalue weighted by Crippen LogP contribution is -2.17. The van der Waals surface area contributed by atoms with E-state index in [1.54, 1.807) is 36.5 Å². The third-order valence-electron chi connectivity index (χ3n) is 4.01. The van der Waals surface area contributed by atoms with Crippen molar-refractivity contribution in [3.05, 3.63) is 65.5 Å². The summed E-state index contributed by atoms with van der Waals surface area (Å²) in [6, 6.07) is 12.0. The third kappa shape index (κ3) is 3.64. The summed E-state index contributed by atoms with van der Waals surface area (Å²) in [7, 11) is -3.28. The first-order valence-electron chi connectivity index (χ1n) is 7.86. The van der Waals surface area contributed by atoms with Crippen LogP contribution in [0.2, 0.25) is 0 Å². The molecule has 1 aliphatic heterocycles. The van der Waals surface area contributed by atoms with Gasteiger partial charge in [-0.3, -0.25) is 4.98 Å². The Bertz CT molecular complexity index is 943. The summed E-state index contributed by atoms with van der Waals surface area (Å²) in [6.07, 6.45) is 3.29. The largest absolute Gasteiger partial charge is 0.456 e. The number of sulfone groups is 1. The standard InChI is InChI=1S/C19H19NO4S/c1-19(2)12-15(18(21)24-19)17(16-6-4-5-11-20-16)13-7-9-14(10-8-13)25(3,22)23/h4-11H,12H2,1-3H3/b17-15-. The van der Waals surface area contributed by atoms with Crippen LogP contribution in [0.3, 0.4) is 0 Å². The van der Waals surface area contributed by atoms with Crippen LogP contribution in [-0.4, -0.2) is 31.2 Å². The van der Waals surface area contributed by atoms with E-state index in [4.69, 9.17) is 4.74 Å². The van der Waals surface area contributed by atoms with Crippen LogP contribution < -0.4 is 0 Å². The van der Waals surface area contributed by atoms with Crippen molar-refractivity contribution in [2.75, 3.05) is 6.26 Å². The molecule has 1 aliphatic rings. The number of pyridine rings is 1. The molecule has 0 saturated carbocycles. The highest BCUT2D eigenvalue weighted by molar-refractivity contribution is 7.90. The van der Waals surface area contributed by atoms with E-state index in [2.05, 4.69) is 4.98 Å². The summed E-state index contributed by atoms with van der Waals surface area (Å²) in [4.78, 5) is 17.0. The minimum absolute atomic E-state index is 0.232. The Balaban J connectivity index is 2.19. The second-order valence-corrected chi connectivity index (χ2v) is 8.71. The molecule has 0 atom stereocenters. The normalized spacial score (nSPS) is 18.8. The Hall–Kier alpha value is -2.47. The molecule has 1 saturated heterocycles. The van der Waals surface area contributed by atoms with Crippen LogP contribution in [0.5, 0.6) is 0 Å². The highest BCUT2D eigenvalue weighted by atomic mass is 32.2. The van der Waals surface area contributed by atoms with Crippen LogP contribution in [0.15, 0.2) is 59.1 Å². The highest BCUT2D eigenvalue weighted by Gasteiger charge is 2.38. The molecule has 6 heteroatoms. The van der Waals surface area contributed by atoms with Crippen LogP contribution in [-0.2, 0) is 19.4 Å². The van der Waals surface area contributed by atoms with E-state index in [9.17, 15) is 13.2 Å². The maximum atomic E-state index is 12.4. The van der Waals surface area contributed by atoms with Crippen LogP contribution >= 0.6 is 0 Å². The highest BCUT2D eigenvalue weighted by Crippen LogP contribution is 2.37. The summed E-state index contributed by atoms with van der Waals surface area (Å²) in [5.74, 6) is -0.363. The number of esters is 1. The van der Waals surface area contributed by atoms with Gasteiger partial charge in [0.25, 0.3) is 0 Å². The number of hydrogen-bond acceptors (Lipinski definition) is 5. The van der Waals surface area contributed by atoms with E-state index in [-0.39, 0.29) is 10.9 Å². The quantitative estimate of drug-likeness (QED) is 0.624. The molecule has 0 spiro atoms. The Morgan fingerprint density at radius 1 is 1.12 bits per heavy atom. The average Bonchev–Trinajstić information content (AvgIpc) is 2.81. The topological polar surface area (TPSA) is 73.3 Å². The summed E-state index contributed by atoms with van der Waals surface area (Å²) < 4.78 is 28.8. The van der Waals surface area contributed by atoms with Crippen molar-refractivity contribution in [2.24, 2.45) is 0 Å². The zero-order chi connectivity index (χ0) is 18.2. The lowest BCUT2D eigenvalue weighted by atomic mass is 9.92. The van der Waals surface area contributed by atoms with Crippen LogP contribution in [0.4, 0.5) is 0 Å². The maximum Gasteiger partial charge on any atom is 0.335 e. The fraction of sp³-hybridized carbons (Fsp3) is 0.263. The van der Waals surface area contributed by atoms with Crippen molar-refractivity contribution in [3.63, 3.8) is 0 Å². The van der Waals surface area contributed by atoms with Gasteiger partial charge in [0, 0.05) is 24.4 Å². The van der Waals surface area contributed by atoms with Crippen LogP contribution in [0, 0.1) is 0 Å². The minimum Gasteiger partial charge on any atom is -0.456 e. The number of aromatic nitrogens is 1. The molecule has 3 rings (SSSR count). The van der Waals surface area contributed by atoms with E-state index in [1.807, 2.05) is 26.0 Å². The van der Waals surface area contributed by atoms with E-state index in [1.165, 1.54) is 0 Å². The van der Waals surface area contributed by atoms with Crippen molar-refractivity contribution in [3.8, 4) is 0 Å². The fourth-order valence-corrected chi connectivity index (χ4v) is 3.52. The van der Waals surface area contributed by atoms with Gasteiger partial charge in [0.2, 0.25) is 0 Å². The summed E-state index contributed by atoms with van der Waals surface area (Å²) in [5.41, 5.74) is 2.04. The molecule has 25 heavy (non-hydrogen) atoms. The smallest absolute Gasteiger partial charge is 0.335 e. The van der Waals surface area contributed by atoms with Gasteiger partial charge in [-0.1, -0.05) is 18.2 Å². The monoisotopic (exact) mass is 357 g/mol. The number of rotatable bonds is 3. The molecule has 0 amide bonds. The number of carbonyl (C=O) groups excluding carboxylic acids is 1. The number of cyclic esters (lactones) is 1. The predicted molar refractivity (Wildman–Crippen MR) is 94.6 cm³/mol. The molecular formula is C19H19NO4S. The fourth-order valence-electron chi connectivity index (χ4n) is 2.89. The number of hydrogen-bond donors (Lipinski definition) is 0. The van der Waals surface area contributed by atoms with E-state index < -0.39 is 15.4 Å². The first kappa shape index (κ1) is 17.4. The molecule has 1 fully saturated rings. The van der Waals surface area contributed by atoms with Crippen molar-refractivity contribution < 1.29 is 17.9 Å². The first-order chi connectivity index (χ1) is 11.7. The molecule has 5 nitrogen and oxygen atoms in total. The van der Waals surface area contributed by atoms with Crippen LogP contribution in [0.1, 0.15) is 31.5 Å². The molecule has 0 radical (unpaired) electrons. The van der Waals surface area contributed by atoms with Gasteiger partial charge in [0.15, 0.2) is 9.84 Å².